The molecular weight excluding hydrogens is 198 g/mol. The number of carbonyl (C=O) groups is 1. The summed E-state index contributed by atoms with van der Waals surface area (Å²) < 4.78 is 0. The summed E-state index contributed by atoms with van der Waals surface area (Å²) in [5.74, 6) is 1.09. The van der Waals surface area contributed by atoms with Gasteiger partial charge in [0.1, 0.15) is 0 Å². The van der Waals surface area contributed by atoms with Crippen molar-refractivity contribution in [1.29, 1.82) is 0 Å². The standard InChI is InChI=1S/C14H19NO/c1-8(2)10-5-6-11(9(3)4)14-13(10)12(16)7-15-14/h5-6,8-9,15H,7H2,1-4H3. The second kappa shape index (κ2) is 3.93. The average Bonchev–Trinajstić information content (AvgIpc) is 2.59. The molecule has 1 N–H and O–H groups in total. The molecule has 2 nitrogen and oxygen atoms in total. The maximum atomic E-state index is 11.9. The summed E-state index contributed by atoms with van der Waals surface area (Å²) in [7, 11) is 0. The number of hydrogen-bond donors (Lipinski definition) is 1. The van der Waals surface area contributed by atoms with E-state index in [0.29, 0.717) is 18.4 Å². The number of carbonyl (C=O) groups excluding carboxylic acids is 1. The van der Waals surface area contributed by atoms with Crippen molar-refractivity contribution in [1.82, 2.24) is 0 Å². The van der Waals surface area contributed by atoms with Crippen LogP contribution in [0.15, 0.2) is 12.1 Å². The SMILES string of the molecule is CC(C)c1ccc(C(C)C)c2c1NCC2=O. The van der Waals surface area contributed by atoms with Gasteiger partial charge in [0.2, 0.25) is 0 Å². The van der Waals surface area contributed by atoms with Crippen LogP contribution in [-0.2, 0) is 0 Å². The zero-order valence-electron chi connectivity index (χ0n) is 10.4. The predicted molar refractivity (Wildman–Crippen MR) is 67.4 cm³/mol. The van der Waals surface area contributed by atoms with Crippen molar-refractivity contribution in [3.8, 4) is 0 Å². The highest BCUT2D eigenvalue weighted by molar-refractivity contribution is 6.10. The van der Waals surface area contributed by atoms with E-state index in [0.717, 1.165) is 11.3 Å². The normalized spacial score (nSPS) is 14.5. The lowest BCUT2D eigenvalue weighted by atomic mass is 9.90. The summed E-state index contributed by atoms with van der Waals surface area (Å²) in [6.07, 6.45) is 0. The zero-order valence-corrected chi connectivity index (χ0v) is 10.4. The first-order chi connectivity index (χ1) is 7.52. The molecule has 0 aliphatic carbocycles. The molecule has 1 aliphatic heterocycles. The Morgan fingerprint density at radius 2 is 1.62 bits per heavy atom. The zero-order chi connectivity index (χ0) is 11.9. The van der Waals surface area contributed by atoms with Gasteiger partial charge < -0.3 is 5.32 Å². The van der Waals surface area contributed by atoms with Gasteiger partial charge in [-0.05, 0) is 23.0 Å². The Labute approximate surface area is 97.1 Å². The molecular formula is C14H19NO. The van der Waals surface area contributed by atoms with Gasteiger partial charge in [0, 0.05) is 11.3 Å². The fourth-order valence-corrected chi connectivity index (χ4v) is 2.35. The maximum Gasteiger partial charge on any atom is 0.184 e. The van der Waals surface area contributed by atoms with Crippen LogP contribution in [0.4, 0.5) is 5.69 Å². The summed E-state index contributed by atoms with van der Waals surface area (Å²) in [4.78, 5) is 11.9. The Bertz CT molecular complexity index is 433. The number of anilines is 1. The van der Waals surface area contributed by atoms with E-state index in [9.17, 15) is 4.79 Å². The fourth-order valence-electron chi connectivity index (χ4n) is 2.35. The van der Waals surface area contributed by atoms with Gasteiger partial charge in [-0.15, -0.1) is 0 Å². The van der Waals surface area contributed by atoms with Crippen molar-refractivity contribution in [3.63, 3.8) is 0 Å². The topological polar surface area (TPSA) is 29.1 Å². The number of nitrogens with one attached hydrogen (secondary N) is 1. The first-order valence-corrected chi connectivity index (χ1v) is 5.96. The number of hydrogen-bond acceptors (Lipinski definition) is 2. The van der Waals surface area contributed by atoms with Crippen molar-refractivity contribution >= 4 is 11.5 Å². The van der Waals surface area contributed by atoms with Crippen LogP contribution in [0.1, 0.15) is 61.0 Å². The molecule has 0 atom stereocenters. The van der Waals surface area contributed by atoms with Crippen molar-refractivity contribution in [2.75, 3.05) is 11.9 Å². The van der Waals surface area contributed by atoms with Crippen LogP contribution in [0.2, 0.25) is 0 Å². The highest BCUT2D eigenvalue weighted by Gasteiger charge is 2.26. The van der Waals surface area contributed by atoms with Crippen molar-refractivity contribution in [2.24, 2.45) is 0 Å². The second-order valence-electron chi connectivity index (χ2n) is 5.08. The van der Waals surface area contributed by atoms with Gasteiger partial charge in [-0.3, -0.25) is 4.79 Å². The monoisotopic (exact) mass is 217 g/mol. The fraction of sp³-hybridized carbons (Fsp3) is 0.500. The first kappa shape index (κ1) is 11.2. The van der Waals surface area contributed by atoms with Crippen LogP contribution < -0.4 is 5.32 Å². The van der Waals surface area contributed by atoms with Gasteiger partial charge in [-0.1, -0.05) is 39.8 Å². The minimum atomic E-state index is 0.237. The molecule has 0 aromatic heterocycles. The molecule has 16 heavy (non-hydrogen) atoms. The molecule has 1 aromatic carbocycles. The van der Waals surface area contributed by atoms with Gasteiger partial charge in [0.05, 0.1) is 6.54 Å². The third kappa shape index (κ3) is 1.62. The molecule has 0 spiro atoms. The van der Waals surface area contributed by atoms with Crippen LogP contribution in [0.3, 0.4) is 0 Å². The minimum absolute atomic E-state index is 0.237. The average molecular weight is 217 g/mol. The quantitative estimate of drug-likeness (QED) is 0.821. The molecule has 0 unspecified atom stereocenters. The Morgan fingerprint density at radius 3 is 2.19 bits per heavy atom. The lowest BCUT2D eigenvalue weighted by molar-refractivity contribution is 0.101. The predicted octanol–water partition coefficient (Wildman–Crippen LogP) is 3.54. The highest BCUT2D eigenvalue weighted by Crippen LogP contribution is 2.36. The Morgan fingerprint density at radius 1 is 1.06 bits per heavy atom. The smallest absolute Gasteiger partial charge is 0.184 e. The Kier molecular flexibility index (Phi) is 2.75. The lowest BCUT2D eigenvalue weighted by Crippen LogP contribution is -2.03. The molecule has 0 bridgehead atoms. The molecule has 0 saturated carbocycles. The number of fused-ring (bicyclic) bond motifs is 1. The summed E-state index contributed by atoms with van der Waals surface area (Å²) in [6, 6.07) is 4.27. The number of rotatable bonds is 2. The molecule has 2 rings (SSSR count). The van der Waals surface area contributed by atoms with E-state index in [1.807, 2.05) is 0 Å². The summed E-state index contributed by atoms with van der Waals surface area (Å²) in [5.41, 5.74) is 4.44. The van der Waals surface area contributed by atoms with Crippen LogP contribution in [0.5, 0.6) is 0 Å². The Balaban J connectivity index is 2.64. The first-order valence-electron chi connectivity index (χ1n) is 5.96. The highest BCUT2D eigenvalue weighted by atomic mass is 16.1. The van der Waals surface area contributed by atoms with Crippen LogP contribution >= 0.6 is 0 Å². The molecule has 86 valence electrons. The van der Waals surface area contributed by atoms with E-state index in [1.165, 1.54) is 11.1 Å². The Hall–Kier alpha value is -1.31. The van der Waals surface area contributed by atoms with Crippen LogP contribution in [0.25, 0.3) is 0 Å². The molecule has 1 heterocycles. The van der Waals surface area contributed by atoms with Gasteiger partial charge in [-0.25, -0.2) is 0 Å². The third-order valence-corrected chi connectivity index (χ3v) is 3.22. The minimum Gasteiger partial charge on any atom is -0.377 e. The van der Waals surface area contributed by atoms with E-state index in [2.05, 4.69) is 45.1 Å². The molecule has 1 aliphatic rings. The number of ketones is 1. The largest absolute Gasteiger partial charge is 0.377 e. The lowest BCUT2D eigenvalue weighted by Gasteiger charge is -2.16. The molecule has 0 fully saturated rings. The summed E-state index contributed by atoms with van der Waals surface area (Å²) in [5, 5.41) is 3.25. The molecule has 1 aromatic rings. The number of Topliss-reactive ketones (excluding diaryl/α,β-unsaturated/α-hetero) is 1. The van der Waals surface area contributed by atoms with Crippen molar-refractivity contribution in [3.05, 3.63) is 28.8 Å². The molecule has 0 amide bonds. The molecule has 2 heteroatoms. The van der Waals surface area contributed by atoms with Crippen LogP contribution in [-0.4, -0.2) is 12.3 Å². The van der Waals surface area contributed by atoms with Crippen molar-refractivity contribution < 1.29 is 4.79 Å². The van der Waals surface area contributed by atoms with E-state index in [-0.39, 0.29) is 5.78 Å². The van der Waals surface area contributed by atoms with E-state index in [4.69, 9.17) is 0 Å². The van der Waals surface area contributed by atoms with Crippen LogP contribution in [0, 0.1) is 0 Å². The number of benzene rings is 1. The molecule has 0 saturated heterocycles. The van der Waals surface area contributed by atoms with Gasteiger partial charge in [0.25, 0.3) is 0 Å². The van der Waals surface area contributed by atoms with E-state index < -0.39 is 0 Å². The third-order valence-electron chi connectivity index (χ3n) is 3.22. The van der Waals surface area contributed by atoms with Gasteiger partial charge in [-0.2, -0.15) is 0 Å². The van der Waals surface area contributed by atoms with Gasteiger partial charge >= 0.3 is 0 Å². The van der Waals surface area contributed by atoms with E-state index >= 15 is 0 Å². The maximum absolute atomic E-state index is 11.9. The summed E-state index contributed by atoms with van der Waals surface area (Å²) >= 11 is 0. The van der Waals surface area contributed by atoms with E-state index in [1.54, 1.807) is 0 Å². The van der Waals surface area contributed by atoms with Gasteiger partial charge in [0.15, 0.2) is 5.78 Å². The summed E-state index contributed by atoms with van der Waals surface area (Å²) in [6.45, 7) is 9.05. The van der Waals surface area contributed by atoms with Crippen molar-refractivity contribution in [2.45, 2.75) is 39.5 Å². The second-order valence-corrected chi connectivity index (χ2v) is 5.08. The molecule has 0 radical (unpaired) electrons.